The maximum Gasteiger partial charge on any atom is 0.326 e. The molecule has 0 aliphatic heterocycles. The largest absolute Gasteiger partial charge is 0.480 e. The normalized spacial score (nSPS) is 12.7. The first-order valence-electron chi connectivity index (χ1n) is 15.2. The molecule has 48 heavy (non-hydrogen) atoms. The third-order valence-electron chi connectivity index (χ3n) is 8.21. The van der Waals surface area contributed by atoms with Gasteiger partial charge in [0.1, 0.15) is 18.6 Å². The number of carbonyl (C=O) groups is 6. The summed E-state index contributed by atoms with van der Waals surface area (Å²) in [6, 6.07) is 5.40. The van der Waals surface area contributed by atoms with Crippen LogP contribution in [0.15, 0.2) is 48.8 Å². The van der Waals surface area contributed by atoms with Crippen LogP contribution in [-0.2, 0) is 27.5 Å². The van der Waals surface area contributed by atoms with Crippen LogP contribution < -0.4 is 26.6 Å². The van der Waals surface area contributed by atoms with Gasteiger partial charge in [0.2, 0.25) is 0 Å². The fourth-order valence-electron chi connectivity index (χ4n) is 4.75. The van der Waals surface area contributed by atoms with Crippen molar-refractivity contribution in [1.82, 2.24) is 41.5 Å². The second-order valence-corrected chi connectivity index (χ2v) is 12.0. The molecule has 6 amide bonds. The van der Waals surface area contributed by atoms with Gasteiger partial charge in [0.15, 0.2) is 0 Å². The number of carboxylic acids is 3. The van der Waals surface area contributed by atoms with E-state index in [1.165, 1.54) is 0 Å². The van der Waals surface area contributed by atoms with Crippen LogP contribution in [0.25, 0.3) is 0 Å². The van der Waals surface area contributed by atoms with Crippen molar-refractivity contribution < 1.29 is 44.1 Å². The van der Waals surface area contributed by atoms with E-state index in [4.69, 9.17) is 5.11 Å². The molecule has 2 heterocycles. The lowest BCUT2D eigenvalue weighted by Gasteiger charge is -2.51. The van der Waals surface area contributed by atoms with Gasteiger partial charge >= 0.3 is 36.0 Å². The summed E-state index contributed by atoms with van der Waals surface area (Å²) >= 11 is 0. The molecule has 2 unspecified atom stereocenters. The summed E-state index contributed by atoms with van der Waals surface area (Å²) in [5.74, 6) is -3.92. The third kappa shape index (κ3) is 12.1. The highest BCUT2D eigenvalue weighted by atomic mass is 16.4. The highest BCUT2D eigenvalue weighted by Gasteiger charge is 2.50. The molecule has 0 spiro atoms. The third-order valence-corrected chi connectivity index (χ3v) is 8.21. The Kier molecular flexibility index (Phi) is 14.7. The molecule has 17 nitrogen and oxygen atoms in total. The number of pyridine rings is 2. The van der Waals surface area contributed by atoms with Crippen molar-refractivity contribution in [1.29, 1.82) is 0 Å². The van der Waals surface area contributed by atoms with E-state index in [-0.39, 0.29) is 25.8 Å². The predicted octanol–water partition coefficient (Wildman–Crippen LogP) is 1.75. The van der Waals surface area contributed by atoms with Gasteiger partial charge < -0.3 is 36.6 Å². The molecular weight excluding hydrogens is 628 g/mol. The van der Waals surface area contributed by atoms with Gasteiger partial charge in [-0.25, -0.2) is 24.0 Å². The maximum absolute atomic E-state index is 12.8. The number of amides is 6. The number of aliphatic carboxylic acids is 3. The van der Waals surface area contributed by atoms with Crippen LogP contribution in [0.4, 0.5) is 14.4 Å². The monoisotopic (exact) mass is 672 g/mol. The number of hydrogen-bond acceptors (Lipinski definition) is 9. The van der Waals surface area contributed by atoms with Gasteiger partial charge in [-0.15, -0.1) is 0 Å². The smallest absolute Gasteiger partial charge is 0.326 e. The molecule has 2 atom stereocenters. The second-order valence-electron chi connectivity index (χ2n) is 12.0. The summed E-state index contributed by atoms with van der Waals surface area (Å²) in [4.78, 5) is 82.2. The lowest BCUT2D eigenvalue weighted by atomic mass is 9.68. The molecular formula is C31H44N8O9. The number of urea groups is 3. The van der Waals surface area contributed by atoms with Gasteiger partial charge in [0.05, 0.1) is 11.4 Å². The fraction of sp³-hybridized carbons (Fsp3) is 0.484. The van der Waals surface area contributed by atoms with Crippen molar-refractivity contribution in [2.24, 2.45) is 5.41 Å². The van der Waals surface area contributed by atoms with Crippen molar-refractivity contribution in [3.05, 3.63) is 60.2 Å². The summed E-state index contributed by atoms with van der Waals surface area (Å²) in [5.41, 5.74) is -0.513. The summed E-state index contributed by atoms with van der Waals surface area (Å²) in [7, 11) is 0. The van der Waals surface area contributed by atoms with Crippen LogP contribution in [-0.4, -0.2) is 96.9 Å². The summed E-state index contributed by atoms with van der Waals surface area (Å²) < 4.78 is 0. The highest BCUT2D eigenvalue weighted by Crippen LogP contribution is 2.40. The predicted molar refractivity (Wildman–Crippen MR) is 172 cm³/mol. The van der Waals surface area contributed by atoms with Crippen molar-refractivity contribution in [3.63, 3.8) is 0 Å². The Morgan fingerprint density at radius 3 is 1.81 bits per heavy atom. The minimum absolute atomic E-state index is 0.0115. The van der Waals surface area contributed by atoms with Crippen LogP contribution in [0, 0.1) is 5.41 Å². The number of nitrogens with one attached hydrogen (secondary N) is 5. The van der Waals surface area contributed by atoms with Crippen molar-refractivity contribution in [2.75, 3.05) is 13.1 Å². The number of carbonyl (C=O) groups excluding carboxylic acids is 3. The van der Waals surface area contributed by atoms with Crippen molar-refractivity contribution in [3.8, 4) is 0 Å². The Bertz CT molecular complexity index is 1370. The molecule has 262 valence electrons. The SMILES string of the molecule is CC(C)(C(NC(=O)NC(=O)NCCCCC(NC(=O)NCC(=O)O)C(=O)O)C(=O)O)C(C)(C)N(Cc1ccccn1)Cc1ccccn1. The summed E-state index contributed by atoms with van der Waals surface area (Å²) in [6.07, 6.45) is 3.85. The van der Waals surface area contributed by atoms with Crippen LogP contribution >= 0.6 is 0 Å². The topological polar surface area (TPSA) is 252 Å². The Morgan fingerprint density at radius 1 is 0.750 bits per heavy atom. The zero-order valence-corrected chi connectivity index (χ0v) is 27.4. The number of nitrogens with zero attached hydrogens (tertiary/aromatic N) is 3. The average molecular weight is 673 g/mol. The first kappa shape index (κ1) is 38.9. The van der Waals surface area contributed by atoms with E-state index in [1.54, 1.807) is 38.4 Å². The number of carboxylic acid groups (broad SMARTS) is 3. The molecule has 2 rings (SSSR count). The van der Waals surface area contributed by atoms with Crippen LogP contribution in [0.5, 0.6) is 0 Å². The number of imide groups is 1. The first-order chi connectivity index (χ1) is 22.5. The molecule has 0 aliphatic carbocycles. The van der Waals surface area contributed by atoms with E-state index in [9.17, 15) is 39.0 Å². The standard InChI is InChI=1S/C31H44N8O9/c1-30(2,31(3,4)39(18-20-11-5-8-14-32-20)19-21-12-6-9-15-33-21)24(26(44)45)37-29(48)38-27(46)34-16-10-7-13-22(25(42)43)36-28(47)35-17-23(40)41/h5-6,8-9,11-12,14-15,22,24H,7,10,13,16-19H2,1-4H3,(H,40,41)(H,42,43)(H,44,45)(H2,35,36,47)(H3,34,37,38,46,48). The molecule has 0 radical (unpaired) electrons. The zero-order chi connectivity index (χ0) is 35.9. The second kappa shape index (κ2) is 18.1. The summed E-state index contributed by atoms with van der Waals surface area (Å²) in [6.45, 7) is 7.24. The van der Waals surface area contributed by atoms with E-state index in [2.05, 4.69) is 31.2 Å². The molecule has 2 aromatic heterocycles. The Hall–Kier alpha value is -5.32. The van der Waals surface area contributed by atoms with Crippen molar-refractivity contribution >= 4 is 36.0 Å². The van der Waals surface area contributed by atoms with Crippen LogP contribution in [0.2, 0.25) is 0 Å². The number of hydrogen-bond donors (Lipinski definition) is 8. The molecule has 0 aliphatic rings. The number of unbranched alkanes of at least 4 members (excludes halogenated alkanes) is 1. The zero-order valence-electron chi connectivity index (χ0n) is 27.4. The van der Waals surface area contributed by atoms with E-state index < -0.39 is 65.6 Å². The molecule has 0 saturated heterocycles. The lowest BCUT2D eigenvalue weighted by molar-refractivity contribution is -0.146. The molecule has 0 aromatic carbocycles. The van der Waals surface area contributed by atoms with Gasteiger partial charge in [0, 0.05) is 43.0 Å². The Morgan fingerprint density at radius 2 is 1.33 bits per heavy atom. The molecule has 0 fully saturated rings. The lowest BCUT2D eigenvalue weighted by Crippen LogP contribution is -2.65. The molecule has 8 N–H and O–H groups in total. The average Bonchev–Trinajstić information content (AvgIpc) is 3.02. The number of aromatic nitrogens is 2. The first-order valence-corrected chi connectivity index (χ1v) is 15.2. The van der Waals surface area contributed by atoms with Gasteiger partial charge in [-0.05, 0) is 57.4 Å². The highest BCUT2D eigenvalue weighted by molar-refractivity contribution is 5.95. The minimum atomic E-state index is -1.44. The molecule has 0 bridgehead atoms. The van der Waals surface area contributed by atoms with E-state index in [0.717, 1.165) is 11.4 Å². The molecule has 17 heteroatoms. The number of rotatable bonds is 18. The van der Waals surface area contributed by atoms with Crippen LogP contribution in [0.1, 0.15) is 58.3 Å². The Balaban J connectivity index is 1.99. The van der Waals surface area contributed by atoms with Gasteiger partial charge in [0.25, 0.3) is 0 Å². The molecule has 2 aromatic rings. The van der Waals surface area contributed by atoms with Crippen LogP contribution in [0.3, 0.4) is 0 Å². The van der Waals surface area contributed by atoms with Gasteiger partial charge in [-0.1, -0.05) is 26.0 Å². The fourth-order valence-corrected chi connectivity index (χ4v) is 4.75. The minimum Gasteiger partial charge on any atom is -0.480 e. The summed E-state index contributed by atoms with van der Waals surface area (Å²) in [5, 5.41) is 39.2. The maximum atomic E-state index is 12.8. The van der Waals surface area contributed by atoms with Gasteiger partial charge in [-0.2, -0.15) is 0 Å². The van der Waals surface area contributed by atoms with E-state index in [0.29, 0.717) is 13.1 Å². The van der Waals surface area contributed by atoms with E-state index >= 15 is 0 Å². The van der Waals surface area contributed by atoms with E-state index in [1.807, 2.05) is 48.3 Å². The quantitative estimate of drug-likeness (QED) is 0.105. The Labute approximate surface area is 277 Å². The van der Waals surface area contributed by atoms with Gasteiger partial charge in [-0.3, -0.25) is 25.0 Å². The molecule has 0 saturated carbocycles. The van der Waals surface area contributed by atoms with Crippen molar-refractivity contribution in [2.45, 2.75) is 77.7 Å².